The number of H-pyrrole nitrogens is 1. The molecule has 0 saturated carbocycles. The Balaban J connectivity index is 1.97. The first-order chi connectivity index (χ1) is 10.5. The van der Waals surface area contributed by atoms with Gasteiger partial charge in [0.15, 0.2) is 0 Å². The van der Waals surface area contributed by atoms with Crippen LogP contribution in [0.25, 0.3) is 0 Å². The molecule has 1 unspecified atom stereocenters. The molecular weight excluding hydrogens is 326 g/mol. The highest BCUT2D eigenvalue weighted by atomic mass is 35.5. The standard InChI is InChI=1S/C14H16ClN3O3S/c1-10-8-16-14(17-10)13-9-21-7-6-18(13)22(19,20)12-4-2-11(15)3-5-12/h2-5,8,13H,6-7,9H2,1H3,(H,16,17). The minimum absolute atomic E-state index is 0.215. The number of aryl methyl sites for hydroxylation is 1. The van der Waals surface area contributed by atoms with Crippen molar-refractivity contribution in [2.75, 3.05) is 19.8 Å². The van der Waals surface area contributed by atoms with Gasteiger partial charge in [0, 0.05) is 23.5 Å². The van der Waals surface area contributed by atoms with Gasteiger partial charge in [0.25, 0.3) is 0 Å². The molecule has 8 heteroatoms. The highest BCUT2D eigenvalue weighted by molar-refractivity contribution is 7.89. The van der Waals surface area contributed by atoms with Crippen molar-refractivity contribution in [1.82, 2.24) is 14.3 Å². The van der Waals surface area contributed by atoms with E-state index in [9.17, 15) is 8.42 Å². The maximum atomic E-state index is 12.9. The Morgan fingerprint density at radius 1 is 1.36 bits per heavy atom. The summed E-state index contributed by atoms with van der Waals surface area (Å²) in [6.07, 6.45) is 1.68. The molecule has 6 nitrogen and oxygen atoms in total. The summed E-state index contributed by atoms with van der Waals surface area (Å²) in [5, 5.41) is 0.499. The molecule has 1 saturated heterocycles. The quantitative estimate of drug-likeness (QED) is 0.928. The van der Waals surface area contributed by atoms with E-state index < -0.39 is 16.1 Å². The van der Waals surface area contributed by atoms with E-state index in [4.69, 9.17) is 16.3 Å². The lowest BCUT2D eigenvalue weighted by molar-refractivity contribution is 0.0292. The largest absolute Gasteiger partial charge is 0.378 e. The monoisotopic (exact) mass is 341 g/mol. The van der Waals surface area contributed by atoms with Crippen LogP contribution in [-0.2, 0) is 14.8 Å². The van der Waals surface area contributed by atoms with Gasteiger partial charge in [-0.2, -0.15) is 4.31 Å². The molecule has 1 N–H and O–H groups in total. The molecule has 0 amide bonds. The van der Waals surface area contributed by atoms with Gasteiger partial charge in [-0.3, -0.25) is 0 Å². The second-order valence-electron chi connectivity index (χ2n) is 5.11. The molecule has 118 valence electrons. The van der Waals surface area contributed by atoms with Crippen LogP contribution in [0.2, 0.25) is 5.02 Å². The summed E-state index contributed by atoms with van der Waals surface area (Å²) in [4.78, 5) is 7.55. The van der Waals surface area contributed by atoms with Crippen molar-refractivity contribution in [1.29, 1.82) is 0 Å². The number of hydrogen-bond acceptors (Lipinski definition) is 4. The lowest BCUT2D eigenvalue weighted by atomic mass is 10.2. The molecule has 1 atom stereocenters. The van der Waals surface area contributed by atoms with E-state index in [2.05, 4.69) is 9.97 Å². The number of halogens is 1. The summed E-state index contributed by atoms with van der Waals surface area (Å²) in [5.41, 5.74) is 0.879. The Bertz CT molecular complexity index is 758. The summed E-state index contributed by atoms with van der Waals surface area (Å²) in [5.74, 6) is 0.592. The molecule has 3 rings (SSSR count). The number of imidazole rings is 1. The van der Waals surface area contributed by atoms with Gasteiger partial charge in [-0.05, 0) is 31.2 Å². The molecule has 1 aliphatic rings. The van der Waals surface area contributed by atoms with Crippen molar-refractivity contribution in [3.63, 3.8) is 0 Å². The Labute approximate surface area is 134 Å². The highest BCUT2D eigenvalue weighted by Gasteiger charge is 2.36. The van der Waals surface area contributed by atoms with E-state index in [-0.39, 0.29) is 18.0 Å². The van der Waals surface area contributed by atoms with Gasteiger partial charge in [0.2, 0.25) is 10.0 Å². The van der Waals surface area contributed by atoms with Crippen molar-refractivity contribution in [2.45, 2.75) is 17.9 Å². The molecule has 2 heterocycles. The maximum absolute atomic E-state index is 12.9. The Kier molecular flexibility index (Phi) is 4.22. The summed E-state index contributed by atoms with van der Waals surface area (Å²) >= 11 is 5.83. The lowest BCUT2D eigenvalue weighted by Crippen LogP contribution is -2.43. The predicted molar refractivity (Wildman–Crippen MR) is 82.2 cm³/mol. The zero-order valence-electron chi connectivity index (χ0n) is 12.0. The number of ether oxygens (including phenoxy) is 1. The first-order valence-corrected chi connectivity index (χ1v) is 8.67. The molecule has 0 aliphatic carbocycles. The van der Waals surface area contributed by atoms with Gasteiger partial charge in [0.1, 0.15) is 11.9 Å². The van der Waals surface area contributed by atoms with Crippen LogP contribution in [0.3, 0.4) is 0 Å². The fraction of sp³-hybridized carbons (Fsp3) is 0.357. The molecular formula is C14H16ClN3O3S. The van der Waals surface area contributed by atoms with Gasteiger partial charge < -0.3 is 9.72 Å². The van der Waals surface area contributed by atoms with Crippen molar-refractivity contribution in [3.05, 3.63) is 47.0 Å². The van der Waals surface area contributed by atoms with Crippen LogP contribution < -0.4 is 0 Å². The van der Waals surface area contributed by atoms with Gasteiger partial charge in [-0.25, -0.2) is 13.4 Å². The topological polar surface area (TPSA) is 75.3 Å². The molecule has 1 fully saturated rings. The summed E-state index contributed by atoms with van der Waals surface area (Å²) in [6, 6.07) is 5.71. The molecule has 1 aromatic heterocycles. The number of nitrogens with one attached hydrogen (secondary N) is 1. The third kappa shape index (κ3) is 2.89. The smallest absolute Gasteiger partial charge is 0.243 e. The SMILES string of the molecule is Cc1cnc(C2COCCN2S(=O)(=O)c2ccc(Cl)cc2)[nH]1. The summed E-state index contributed by atoms with van der Waals surface area (Å²) in [7, 11) is -3.63. The molecule has 2 aromatic rings. The second kappa shape index (κ2) is 6.00. The van der Waals surface area contributed by atoms with Crippen LogP contribution >= 0.6 is 11.6 Å². The number of hydrogen-bond donors (Lipinski definition) is 1. The molecule has 0 radical (unpaired) electrons. The molecule has 0 bridgehead atoms. The van der Waals surface area contributed by atoms with Crippen molar-refractivity contribution in [3.8, 4) is 0 Å². The average Bonchev–Trinajstić information content (AvgIpc) is 2.94. The van der Waals surface area contributed by atoms with E-state index in [0.29, 0.717) is 17.5 Å². The van der Waals surface area contributed by atoms with Crippen LogP contribution in [0.15, 0.2) is 35.4 Å². The molecule has 1 aromatic carbocycles. The molecule has 0 spiro atoms. The normalized spacial score (nSPS) is 20.2. The number of sulfonamides is 1. The van der Waals surface area contributed by atoms with Crippen LogP contribution in [0.5, 0.6) is 0 Å². The number of morpholine rings is 1. The van der Waals surface area contributed by atoms with Crippen molar-refractivity contribution >= 4 is 21.6 Å². The van der Waals surface area contributed by atoms with Gasteiger partial charge >= 0.3 is 0 Å². The third-order valence-corrected chi connectivity index (χ3v) is 5.71. The maximum Gasteiger partial charge on any atom is 0.243 e. The van der Waals surface area contributed by atoms with Crippen LogP contribution in [-0.4, -0.2) is 42.4 Å². The van der Waals surface area contributed by atoms with Crippen molar-refractivity contribution < 1.29 is 13.2 Å². The van der Waals surface area contributed by atoms with E-state index >= 15 is 0 Å². The first kappa shape index (κ1) is 15.5. The molecule has 1 aliphatic heterocycles. The van der Waals surface area contributed by atoms with Crippen LogP contribution in [0.4, 0.5) is 0 Å². The van der Waals surface area contributed by atoms with E-state index in [1.165, 1.54) is 16.4 Å². The zero-order valence-corrected chi connectivity index (χ0v) is 13.6. The van der Waals surface area contributed by atoms with Crippen molar-refractivity contribution in [2.24, 2.45) is 0 Å². The third-order valence-electron chi connectivity index (χ3n) is 3.54. The van der Waals surface area contributed by atoms with E-state index in [1.54, 1.807) is 18.3 Å². The average molecular weight is 342 g/mol. The zero-order chi connectivity index (χ0) is 15.7. The van der Waals surface area contributed by atoms with Gasteiger partial charge in [0.05, 0.1) is 18.1 Å². The number of aromatic amines is 1. The lowest BCUT2D eigenvalue weighted by Gasteiger charge is -2.33. The summed E-state index contributed by atoms with van der Waals surface area (Å²) < 4.78 is 32.6. The van der Waals surface area contributed by atoms with E-state index in [1.807, 2.05) is 6.92 Å². The minimum Gasteiger partial charge on any atom is -0.378 e. The number of benzene rings is 1. The number of nitrogens with zero attached hydrogens (tertiary/aromatic N) is 2. The fourth-order valence-corrected chi connectivity index (χ4v) is 4.12. The predicted octanol–water partition coefficient (Wildman–Crippen LogP) is 2.13. The van der Waals surface area contributed by atoms with Crippen LogP contribution in [0.1, 0.15) is 17.6 Å². The van der Waals surface area contributed by atoms with Gasteiger partial charge in [-0.15, -0.1) is 0 Å². The fourth-order valence-electron chi connectivity index (χ4n) is 2.44. The summed E-state index contributed by atoms with van der Waals surface area (Å²) in [6.45, 7) is 2.80. The van der Waals surface area contributed by atoms with E-state index in [0.717, 1.165) is 5.69 Å². The number of rotatable bonds is 3. The number of aromatic nitrogens is 2. The Morgan fingerprint density at radius 2 is 2.09 bits per heavy atom. The molecule has 22 heavy (non-hydrogen) atoms. The second-order valence-corrected chi connectivity index (χ2v) is 7.44. The Hall–Kier alpha value is -1.41. The highest BCUT2D eigenvalue weighted by Crippen LogP contribution is 2.29. The minimum atomic E-state index is -3.63. The first-order valence-electron chi connectivity index (χ1n) is 6.85. The van der Waals surface area contributed by atoms with Gasteiger partial charge in [-0.1, -0.05) is 11.6 Å². The Morgan fingerprint density at radius 3 is 2.73 bits per heavy atom. The van der Waals surface area contributed by atoms with Crippen LogP contribution in [0, 0.1) is 6.92 Å².